The molecule has 0 fully saturated rings. The molecule has 16 heavy (non-hydrogen) atoms. The standard InChI is InChI=1S/C7H11N7O2/c1-11-7(16)5(14-12-2)4(13-10)3(8)6(9)15/h8,10H,1-2H3,(H2,9,15)(H,11,16)/b5-4+,8-3?,13-10?,14-12?. The molecule has 2 amide bonds. The van der Waals surface area contributed by atoms with Gasteiger partial charge in [0, 0.05) is 14.1 Å². The number of carbonyl (C=O) groups is 2. The number of rotatable bonds is 5. The molecule has 0 aliphatic rings. The largest absolute Gasteiger partial charge is 0.364 e. The van der Waals surface area contributed by atoms with Gasteiger partial charge in [0.05, 0.1) is 0 Å². The molecule has 0 unspecified atom stereocenters. The third-order valence-electron chi connectivity index (χ3n) is 1.46. The van der Waals surface area contributed by atoms with Gasteiger partial charge in [-0.25, -0.2) is 5.53 Å². The lowest BCUT2D eigenvalue weighted by Crippen LogP contribution is -2.27. The first kappa shape index (κ1) is 13.5. The van der Waals surface area contributed by atoms with Gasteiger partial charge in [0.15, 0.2) is 5.70 Å². The van der Waals surface area contributed by atoms with Gasteiger partial charge in [-0.15, -0.1) is 5.11 Å². The summed E-state index contributed by atoms with van der Waals surface area (Å²) < 4.78 is 0. The van der Waals surface area contributed by atoms with Gasteiger partial charge in [-0.1, -0.05) is 0 Å². The molecule has 86 valence electrons. The van der Waals surface area contributed by atoms with Crippen LogP contribution in [-0.4, -0.2) is 31.6 Å². The maximum Gasteiger partial charge on any atom is 0.273 e. The van der Waals surface area contributed by atoms with E-state index in [9.17, 15) is 9.59 Å². The molecule has 0 aromatic carbocycles. The highest BCUT2D eigenvalue weighted by molar-refractivity contribution is 6.44. The van der Waals surface area contributed by atoms with Crippen LogP contribution in [0.3, 0.4) is 0 Å². The van der Waals surface area contributed by atoms with E-state index in [1.165, 1.54) is 14.1 Å². The zero-order valence-corrected chi connectivity index (χ0v) is 8.74. The number of likely N-dealkylation sites (N-methyl/N-ethyl adjacent to an activating group) is 1. The number of nitrogens with zero attached hydrogens (tertiary/aromatic N) is 3. The van der Waals surface area contributed by atoms with E-state index in [-0.39, 0.29) is 0 Å². The summed E-state index contributed by atoms with van der Waals surface area (Å²) >= 11 is 0. The number of hydrogen-bond acceptors (Lipinski definition) is 7. The van der Waals surface area contributed by atoms with E-state index in [2.05, 4.69) is 20.7 Å². The van der Waals surface area contributed by atoms with E-state index in [1.807, 2.05) is 0 Å². The van der Waals surface area contributed by atoms with Crippen LogP contribution in [0.15, 0.2) is 26.7 Å². The van der Waals surface area contributed by atoms with E-state index in [0.29, 0.717) is 0 Å². The second kappa shape index (κ2) is 6.11. The van der Waals surface area contributed by atoms with Crippen molar-refractivity contribution < 1.29 is 9.59 Å². The zero-order valence-electron chi connectivity index (χ0n) is 8.74. The Morgan fingerprint density at radius 1 is 1.31 bits per heavy atom. The minimum Gasteiger partial charge on any atom is -0.364 e. The van der Waals surface area contributed by atoms with Crippen LogP contribution in [0.1, 0.15) is 0 Å². The normalized spacial score (nSPS) is 11.9. The van der Waals surface area contributed by atoms with Crippen LogP contribution >= 0.6 is 0 Å². The SMILES string of the molecule is CN=N/C(C(=O)NC)=C(/N=N)C(=N)C(N)=O. The van der Waals surface area contributed by atoms with Crippen molar-refractivity contribution in [1.82, 2.24) is 5.32 Å². The molecule has 0 aromatic rings. The molecular weight excluding hydrogens is 214 g/mol. The smallest absolute Gasteiger partial charge is 0.273 e. The lowest BCUT2D eigenvalue weighted by molar-refractivity contribution is -0.117. The van der Waals surface area contributed by atoms with Crippen molar-refractivity contribution in [2.24, 2.45) is 21.1 Å². The minimum atomic E-state index is -1.11. The van der Waals surface area contributed by atoms with Crippen molar-refractivity contribution in [3.8, 4) is 0 Å². The quantitative estimate of drug-likeness (QED) is 0.284. The van der Waals surface area contributed by atoms with Crippen LogP contribution < -0.4 is 11.1 Å². The number of nitrogens with two attached hydrogens (primary N) is 1. The van der Waals surface area contributed by atoms with Crippen LogP contribution in [0.5, 0.6) is 0 Å². The van der Waals surface area contributed by atoms with Crippen molar-refractivity contribution in [2.45, 2.75) is 0 Å². The number of carbonyl (C=O) groups excluding carboxylic acids is 2. The fraction of sp³-hybridized carbons (Fsp3) is 0.286. The molecule has 5 N–H and O–H groups in total. The highest BCUT2D eigenvalue weighted by Crippen LogP contribution is 2.10. The fourth-order valence-electron chi connectivity index (χ4n) is 0.763. The molecule has 0 aromatic heterocycles. The van der Waals surface area contributed by atoms with Crippen LogP contribution in [0.2, 0.25) is 0 Å². The van der Waals surface area contributed by atoms with Crippen LogP contribution in [0.25, 0.3) is 0 Å². The van der Waals surface area contributed by atoms with Gasteiger partial charge < -0.3 is 11.1 Å². The van der Waals surface area contributed by atoms with E-state index < -0.39 is 28.9 Å². The van der Waals surface area contributed by atoms with Gasteiger partial charge in [0.25, 0.3) is 11.8 Å². The Labute approximate surface area is 90.8 Å². The summed E-state index contributed by atoms with van der Waals surface area (Å²) in [4.78, 5) is 22.0. The summed E-state index contributed by atoms with van der Waals surface area (Å²) in [5, 5.41) is 19.1. The molecule has 0 saturated heterocycles. The van der Waals surface area contributed by atoms with Gasteiger partial charge in [0.2, 0.25) is 0 Å². The Morgan fingerprint density at radius 3 is 2.19 bits per heavy atom. The number of primary amides is 1. The summed E-state index contributed by atoms with van der Waals surface area (Å²) in [5.74, 6) is -1.83. The van der Waals surface area contributed by atoms with Crippen LogP contribution in [0.4, 0.5) is 0 Å². The van der Waals surface area contributed by atoms with E-state index in [0.717, 1.165) is 0 Å². The lowest BCUT2D eigenvalue weighted by Gasteiger charge is -2.03. The molecule has 9 nitrogen and oxygen atoms in total. The van der Waals surface area contributed by atoms with Crippen LogP contribution in [0, 0.1) is 10.9 Å². The summed E-state index contributed by atoms with van der Waals surface area (Å²) in [6.45, 7) is 0. The predicted octanol–water partition coefficient (Wildman–Crippen LogP) is -0.438. The van der Waals surface area contributed by atoms with Gasteiger partial charge >= 0.3 is 0 Å². The molecular formula is C7H11N7O2. The second-order valence-corrected chi connectivity index (χ2v) is 2.43. The average molecular weight is 225 g/mol. The molecule has 0 saturated carbocycles. The molecule has 0 aliphatic carbocycles. The average Bonchev–Trinajstić information content (AvgIpc) is 2.27. The molecule has 0 atom stereocenters. The molecule has 0 bridgehead atoms. The maximum absolute atomic E-state index is 11.3. The highest BCUT2D eigenvalue weighted by Gasteiger charge is 2.21. The monoisotopic (exact) mass is 225 g/mol. The van der Waals surface area contributed by atoms with Gasteiger partial charge in [-0.2, -0.15) is 10.2 Å². The van der Waals surface area contributed by atoms with Crippen molar-refractivity contribution in [2.75, 3.05) is 14.1 Å². The molecule has 9 heteroatoms. The van der Waals surface area contributed by atoms with E-state index in [4.69, 9.17) is 16.7 Å². The van der Waals surface area contributed by atoms with Crippen molar-refractivity contribution >= 4 is 17.5 Å². The fourth-order valence-corrected chi connectivity index (χ4v) is 0.763. The minimum absolute atomic E-state index is 0.413. The highest BCUT2D eigenvalue weighted by atomic mass is 16.2. The molecule has 0 radical (unpaired) electrons. The summed E-state index contributed by atoms with van der Waals surface area (Å²) in [6, 6.07) is 0. The Bertz CT molecular complexity index is 396. The third kappa shape index (κ3) is 3.04. The van der Waals surface area contributed by atoms with Gasteiger partial charge in [-0.3, -0.25) is 15.0 Å². The topological polar surface area (TPSA) is 157 Å². The Kier molecular flexibility index (Phi) is 5.18. The third-order valence-corrected chi connectivity index (χ3v) is 1.46. The summed E-state index contributed by atoms with van der Waals surface area (Å²) in [6.07, 6.45) is 0. The molecule has 0 rings (SSSR count). The summed E-state index contributed by atoms with van der Waals surface area (Å²) in [7, 11) is 2.61. The summed E-state index contributed by atoms with van der Waals surface area (Å²) in [5.41, 5.74) is 9.92. The number of nitrogens with one attached hydrogen (secondary N) is 3. The van der Waals surface area contributed by atoms with Gasteiger partial charge in [-0.05, 0) is 0 Å². The molecule has 0 aliphatic heterocycles. The number of hydrogen-bond donors (Lipinski definition) is 4. The van der Waals surface area contributed by atoms with Crippen molar-refractivity contribution in [3.05, 3.63) is 11.4 Å². The Hall–Kier alpha value is -2.45. The first-order chi connectivity index (χ1) is 7.49. The molecule has 0 spiro atoms. The van der Waals surface area contributed by atoms with E-state index in [1.54, 1.807) is 0 Å². The predicted molar refractivity (Wildman–Crippen MR) is 53.9 cm³/mol. The number of azo groups is 1. The molecule has 0 heterocycles. The second-order valence-electron chi connectivity index (χ2n) is 2.43. The maximum atomic E-state index is 11.3. The van der Waals surface area contributed by atoms with E-state index >= 15 is 0 Å². The van der Waals surface area contributed by atoms with Crippen LogP contribution in [-0.2, 0) is 9.59 Å². The van der Waals surface area contributed by atoms with Crippen molar-refractivity contribution in [1.29, 1.82) is 10.9 Å². The number of amides is 2. The zero-order chi connectivity index (χ0) is 12.7. The lowest BCUT2D eigenvalue weighted by atomic mass is 10.2. The van der Waals surface area contributed by atoms with Gasteiger partial charge in [0.1, 0.15) is 11.4 Å². The first-order valence-electron chi connectivity index (χ1n) is 4.01. The Balaban J connectivity index is 5.68. The van der Waals surface area contributed by atoms with Crippen molar-refractivity contribution in [3.63, 3.8) is 0 Å². The Morgan fingerprint density at radius 2 is 1.88 bits per heavy atom. The first-order valence-corrected chi connectivity index (χ1v) is 4.01.